The largest absolute Gasteiger partial charge is 0.462 e. The number of hydrogen-bond donors (Lipinski definition) is 2. The van der Waals surface area contributed by atoms with Crippen molar-refractivity contribution in [3.8, 4) is 0 Å². The molecule has 60 heavy (non-hydrogen) atoms. The van der Waals surface area contributed by atoms with E-state index in [0.717, 1.165) is 24.9 Å². The van der Waals surface area contributed by atoms with Gasteiger partial charge in [-0.15, -0.1) is 0 Å². The molecule has 3 aliphatic carbocycles. The molecule has 0 radical (unpaired) electrons. The molecule has 7 rings (SSSR count). The summed E-state index contributed by atoms with van der Waals surface area (Å²) in [7, 11) is 9.06. The third kappa shape index (κ3) is 9.40. The average molecular weight is 841 g/mol. The Morgan fingerprint density at radius 2 is 1.57 bits per heavy atom. The minimum Gasteiger partial charge on any atom is -0.462 e. The summed E-state index contributed by atoms with van der Waals surface area (Å²) in [6, 6.07) is 9.74. The van der Waals surface area contributed by atoms with Gasteiger partial charge < -0.3 is 53.2 Å². The van der Waals surface area contributed by atoms with Crippen LogP contribution in [0.1, 0.15) is 85.5 Å². The van der Waals surface area contributed by atoms with Gasteiger partial charge >= 0.3 is 5.97 Å². The monoisotopic (exact) mass is 841 g/mol. The number of carbonyl (C=O) groups excluding carboxylic acids is 2. The van der Waals surface area contributed by atoms with E-state index in [0.29, 0.717) is 43.7 Å². The predicted molar refractivity (Wildman–Crippen MR) is 225 cm³/mol. The van der Waals surface area contributed by atoms with Crippen molar-refractivity contribution in [2.24, 2.45) is 35.5 Å². The summed E-state index contributed by atoms with van der Waals surface area (Å²) in [4.78, 5) is 31.3. The number of nitrogens with one attached hydrogen (secondary N) is 1. The second-order valence-electron chi connectivity index (χ2n) is 18.6. The molecule has 0 aromatic heterocycles. The summed E-state index contributed by atoms with van der Waals surface area (Å²) in [5, 5.41) is 16.3. The summed E-state index contributed by atoms with van der Waals surface area (Å²) in [5.41, 5.74) is 1.52. The third-order valence-electron chi connectivity index (χ3n) is 15.0. The lowest BCUT2D eigenvalue weighted by Crippen LogP contribution is -2.59. The van der Waals surface area contributed by atoms with Crippen LogP contribution in [0.4, 0.5) is 5.69 Å². The number of likely N-dealkylation sites (N-methyl/N-ethyl adjacent to an activating group) is 1. The number of ketones is 1. The first-order valence-corrected chi connectivity index (χ1v) is 22.7. The SMILES string of the molecule is CC[C@H]1CCC[C@H](O[C@H]2CC[C@H](N(C)C)C(C)O2)[C@@H](C)C(=O)C2=C[C@H]3[C@@H]4C[C@H](O[C@@H]5OC(C)[C@H](OC)C(OC)[C@@H]5OC)C[C@H]4[C@H](O)[C@@H](Nc4ccccc4)[C@H]3[C@@H]2CC(=O)O1. The topological polar surface area (TPSA) is 143 Å². The van der Waals surface area contributed by atoms with E-state index >= 15 is 4.79 Å². The van der Waals surface area contributed by atoms with Crippen molar-refractivity contribution in [1.82, 2.24) is 4.90 Å². The fourth-order valence-corrected chi connectivity index (χ4v) is 11.9. The molecule has 5 fully saturated rings. The van der Waals surface area contributed by atoms with E-state index in [-0.39, 0.29) is 78.5 Å². The Morgan fingerprint density at radius 3 is 2.23 bits per heavy atom. The number of aliphatic hydroxyl groups excluding tert-OH is 1. The quantitative estimate of drug-likeness (QED) is 0.261. The Hall–Kier alpha value is -2.46. The molecule has 0 bridgehead atoms. The highest BCUT2D eigenvalue weighted by Crippen LogP contribution is 2.57. The van der Waals surface area contributed by atoms with Crippen LogP contribution in [0.5, 0.6) is 0 Å². The Kier molecular flexibility index (Phi) is 15.1. The van der Waals surface area contributed by atoms with E-state index in [2.05, 4.69) is 44.2 Å². The van der Waals surface area contributed by atoms with Crippen LogP contribution in [0.25, 0.3) is 0 Å². The van der Waals surface area contributed by atoms with Crippen LogP contribution < -0.4 is 5.32 Å². The number of nitrogens with zero attached hydrogens (tertiary/aromatic N) is 1. The van der Waals surface area contributed by atoms with Gasteiger partial charge in [-0.1, -0.05) is 38.1 Å². The van der Waals surface area contributed by atoms with Gasteiger partial charge in [-0.3, -0.25) is 9.59 Å². The molecule has 1 aromatic carbocycles. The molecule has 3 unspecified atom stereocenters. The first kappa shape index (κ1) is 45.6. The van der Waals surface area contributed by atoms with Crippen LogP contribution in [-0.2, 0) is 47.5 Å². The smallest absolute Gasteiger partial charge is 0.306 e. The zero-order valence-corrected chi connectivity index (χ0v) is 37.3. The zero-order chi connectivity index (χ0) is 42.8. The Bertz CT molecular complexity index is 1610. The molecule has 336 valence electrons. The van der Waals surface area contributed by atoms with Crippen molar-refractivity contribution in [2.75, 3.05) is 40.7 Å². The Morgan fingerprint density at radius 1 is 0.850 bits per heavy atom. The molecule has 3 heterocycles. The maximum absolute atomic E-state index is 15.1. The first-order valence-electron chi connectivity index (χ1n) is 22.7. The number of rotatable bonds is 11. The lowest BCUT2D eigenvalue weighted by atomic mass is 9.62. The van der Waals surface area contributed by atoms with Crippen LogP contribution in [0.15, 0.2) is 42.0 Å². The number of allylic oxidation sites excluding steroid dienone is 2. The summed E-state index contributed by atoms with van der Waals surface area (Å²) in [6.07, 6.45) is 3.64. The van der Waals surface area contributed by atoms with Gasteiger partial charge in [0.1, 0.15) is 24.4 Å². The molecule has 2 N–H and O–H groups in total. The van der Waals surface area contributed by atoms with Gasteiger partial charge in [-0.05, 0) is 121 Å². The number of para-hydroxylation sites is 1. The molecule has 13 heteroatoms. The maximum Gasteiger partial charge on any atom is 0.306 e. The van der Waals surface area contributed by atoms with E-state index in [1.54, 1.807) is 21.3 Å². The minimum atomic E-state index is -0.785. The minimum absolute atomic E-state index is 0.00373. The summed E-state index contributed by atoms with van der Waals surface area (Å²) >= 11 is 0. The molecule has 6 aliphatic rings. The molecule has 0 amide bonds. The van der Waals surface area contributed by atoms with Crippen molar-refractivity contribution in [2.45, 2.75) is 165 Å². The predicted octanol–water partition coefficient (Wildman–Crippen LogP) is 5.77. The lowest BCUT2D eigenvalue weighted by Gasteiger charge is -2.47. The number of cyclic esters (lactones) is 1. The second kappa shape index (κ2) is 19.9. The van der Waals surface area contributed by atoms with Gasteiger partial charge in [-0.25, -0.2) is 0 Å². The highest BCUT2D eigenvalue weighted by Gasteiger charge is 2.60. The van der Waals surface area contributed by atoms with Gasteiger partial charge in [0.25, 0.3) is 0 Å². The molecule has 3 saturated heterocycles. The maximum atomic E-state index is 15.1. The fraction of sp³-hybridized carbons (Fsp3) is 0.787. The number of benzene rings is 1. The van der Waals surface area contributed by atoms with Crippen LogP contribution >= 0.6 is 0 Å². The van der Waals surface area contributed by atoms with E-state index in [1.807, 2.05) is 44.2 Å². The number of esters is 1. The van der Waals surface area contributed by atoms with Gasteiger partial charge in [0.05, 0.1) is 43.0 Å². The van der Waals surface area contributed by atoms with Gasteiger partial charge in [0.2, 0.25) is 0 Å². The molecule has 19 atom stereocenters. The average Bonchev–Trinajstić information content (AvgIpc) is 3.82. The summed E-state index contributed by atoms with van der Waals surface area (Å²) in [6.45, 7) is 8.08. The molecule has 3 aliphatic heterocycles. The van der Waals surface area contributed by atoms with E-state index < -0.39 is 48.8 Å². The molecule has 13 nitrogen and oxygen atoms in total. The summed E-state index contributed by atoms with van der Waals surface area (Å²) in [5.74, 6) is -1.76. The van der Waals surface area contributed by atoms with Crippen LogP contribution in [-0.4, -0.2) is 137 Å². The molecular weight excluding hydrogens is 769 g/mol. The first-order chi connectivity index (χ1) is 28.9. The number of carbonyl (C=O) groups is 2. The molecule has 1 aromatic rings. The number of hydrogen-bond acceptors (Lipinski definition) is 13. The summed E-state index contributed by atoms with van der Waals surface area (Å²) < 4.78 is 50.1. The van der Waals surface area contributed by atoms with Crippen molar-refractivity contribution < 1.29 is 52.6 Å². The molecule has 2 saturated carbocycles. The number of anilines is 1. The van der Waals surface area contributed by atoms with Crippen LogP contribution in [0, 0.1) is 35.5 Å². The fourth-order valence-electron chi connectivity index (χ4n) is 11.9. The van der Waals surface area contributed by atoms with Gasteiger partial charge in [0.15, 0.2) is 18.4 Å². The van der Waals surface area contributed by atoms with Gasteiger partial charge in [0, 0.05) is 44.9 Å². The Balaban J connectivity index is 1.20. The lowest BCUT2D eigenvalue weighted by molar-refractivity contribution is -0.314. The van der Waals surface area contributed by atoms with Crippen LogP contribution in [0.2, 0.25) is 0 Å². The van der Waals surface area contributed by atoms with E-state index in [1.165, 1.54) is 0 Å². The highest BCUT2D eigenvalue weighted by atomic mass is 16.7. The van der Waals surface area contributed by atoms with Crippen LogP contribution in [0.3, 0.4) is 0 Å². The van der Waals surface area contributed by atoms with Crippen molar-refractivity contribution in [1.29, 1.82) is 0 Å². The molecule has 0 spiro atoms. The normalized spacial score (nSPS) is 43.9. The standard InChI is InChI=1S/C47H72N2O11/c1-10-29-17-14-18-37(60-39-20-19-36(49(5)6)26(3)56-39)25(2)42(51)35-23-32-31-21-30(59-47-46(55-9)45(54-8)44(53-7)27(4)57-47)22-34(31)43(52)41(48-28-15-12-11-13-16-28)40(32)33(35)24-38(50)58-29/h11-13,15-16,23,25-27,29-34,36-37,39-41,43-48,52H,10,14,17-22,24H2,1-9H3/t25-,26?,27?,29+,30+,31+,32+,33-,34-,36+,37+,39+,40-,41+,43+,44+,45?,46+,47+/m1/s1. The number of methoxy groups -OCH3 is 3. The number of fused-ring (bicyclic) bond motifs is 5. The number of ether oxygens (including phenoxy) is 8. The molecular formula is C47H72N2O11. The van der Waals surface area contributed by atoms with Crippen molar-refractivity contribution in [3.63, 3.8) is 0 Å². The highest BCUT2D eigenvalue weighted by molar-refractivity contribution is 5.99. The number of aliphatic hydroxyl groups is 1. The second-order valence-corrected chi connectivity index (χ2v) is 18.6. The van der Waals surface area contributed by atoms with E-state index in [4.69, 9.17) is 37.9 Å². The number of Topliss-reactive ketones (excluding diaryl/α,β-unsaturated/α-hetero) is 1. The Labute approximate surface area is 357 Å². The van der Waals surface area contributed by atoms with E-state index in [9.17, 15) is 9.90 Å². The zero-order valence-electron chi connectivity index (χ0n) is 37.3. The van der Waals surface area contributed by atoms with Crippen molar-refractivity contribution in [3.05, 3.63) is 42.0 Å². The van der Waals surface area contributed by atoms with Gasteiger partial charge in [-0.2, -0.15) is 0 Å². The van der Waals surface area contributed by atoms with Crippen molar-refractivity contribution >= 4 is 17.4 Å². The third-order valence-corrected chi connectivity index (χ3v) is 15.0.